The minimum atomic E-state index is -0.0555. The maximum atomic E-state index is 13.3. The number of nitrogens with one attached hydrogen (secondary N) is 2. The molecule has 1 heterocycles. The summed E-state index contributed by atoms with van der Waals surface area (Å²) < 4.78 is 0. The molecule has 4 aliphatic carbocycles. The Morgan fingerprint density at radius 2 is 1.77 bits per heavy atom. The highest BCUT2D eigenvalue weighted by atomic mass is 16.2. The van der Waals surface area contributed by atoms with Crippen molar-refractivity contribution in [1.29, 1.82) is 0 Å². The van der Waals surface area contributed by atoms with Crippen LogP contribution < -0.4 is 10.6 Å². The van der Waals surface area contributed by atoms with E-state index in [-0.39, 0.29) is 5.41 Å². The number of hydrogen-bond donors (Lipinski definition) is 2. The van der Waals surface area contributed by atoms with Crippen molar-refractivity contribution in [2.24, 2.45) is 28.1 Å². The number of amides is 1. The van der Waals surface area contributed by atoms with Gasteiger partial charge in [0, 0.05) is 12.6 Å². The van der Waals surface area contributed by atoms with Gasteiger partial charge in [-0.1, -0.05) is 20.8 Å². The van der Waals surface area contributed by atoms with Crippen LogP contribution in [0.2, 0.25) is 0 Å². The number of carbonyl (C=O) groups is 1. The quantitative estimate of drug-likeness (QED) is 0.823. The molecule has 3 heteroatoms. The molecule has 1 aliphatic heterocycles. The summed E-state index contributed by atoms with van der Waals surface area (Å²) in [5.41, 5.74) is 0.782. The van der Waals surface area contributed by atoms with Gasteiger partial charge >= 0.3 is 0 Å². The number of piperidine rings is 1. The van der Waals surface area contributed by atoms with E-state index >= 15 is 0 Å². The van der Waals surface area contributed by atoms with Gasteiger partial charge in [0.2, 0.25) is 5.91 Å². The minimum Gasteiger partial charge on any atom is -0.351 e. The average molecular weight is 304 g/mol. The first-order chi connectivity index (χ1) is 10.3. The third-order valence-corrected chi connectivity index (χ3v) is 7.25. The van der Waals surface area contributed by atoms with Crippen molar-refractivity contribution < 1.29 is 4.79 Å². The summed E-state index contributed by atoms with van der Waals surface area (Å²) in [5.74, 6) is 1.78. The summed E-state index contributed by atoms with van der Waals surface area (Å²) in [6.45, 7) is 9.22. The lowest BCUT2D eigenvalue weighted by atomic mass is 9.40. The van der Waals surface area contributed by atoms with Crippen molar-refractivity contribution in [2.75, 3.05) is 13.1 Å². The van der Waals surface area contributed by atoms with E-state index in [4.69, 9.17) is 0 Å². The van der Waals surface area contributed by atoms with Crippen LogP contribution in [0.15, 0.2) is 0 Å². The number of rotatable bonds is 2. The summed E-state index contributed by atoms with van der Waals surface area (Å²) in [6.07, 6.45) is 8.65. The lowest BCUT2D eigenvalue weighted by Crippen LogP contribution is -2.62. The number of carbonyl (C=O) groups excluding carboxylic acids is 1. The Hall–Kier alpha value is -0.570. The zero-order valence-corrected chi connectivity index (χ0v) is 14.5. The van der Waals surface area contributed by atoms with Crippen molar-refractivity contribution in [2.45, 2.75) is 71.8 Å². The van der Waals surface area contributed by atoms with Gasteiger partial charge in [-0.15, -0.1) is 0 Å². The predicted molar refractivity (Wildman–Crippen MR) is 88.4 cm³/mol. The minimum absolute atomic E-state index is 0.0555. The van der Waals surface area contributed by atoms with E-state index in [1.54, 1.807) is 0 Å². The van der Waals surface area contributed by atoms with Crippen molar-refractivity contribution in [3.63, 3.8) is 0 Å². The summed E-state index contributed by atoms with van der Waals surface area (Å²) in [7, 11) is 0. The van der Waals surface area contributed by atoms with E-state index in [1.165, 1.54) is 25.7 Å². The van der Waals surface area contributed by atoms with E-state index in [0.29, 0.717) is 28.7 Å². The topological polar surface area (TPSA) is 41.1 Å². The molecule has 2 N–H and O–H groups in total. The largest absolute Gasteiger partial charge is 0.351 e. The van der Waals surface area contributed by atoms with E-state index in [2.05, 4.69) is 31.4 Å². The molecule has 22 heavy (non-hydrogen) atoms. The molecule has 5 fully saturated rings. The van der Waals surface area contributed by atoms with Gasteiger partial charge in [0.1, 0.15) is 0 Å². The first-order valence-electron chi connectivity index (χ1n) is 9.33. The number of hydrogen-bond acceptors (Lipinski definition) is 2. The van der Waals surface area contributed by atoms with E-state index in [1.807, 2.05) is 0 Å². The maximum absolute atomic E-state index is 13.3. The van der Waals surface area contributed by atoms with Gasteiger partial charge in [-0.25, -0.2) is 0 Å². The molecule has 0 spiro atoms. The van der Waals surface area contributed by atoms with Gasteiger partial charge < -0.3 is 10.6 Å². The van der Waals surface area contributed by atoms with Gasteiger partial charge in [-0.05, 0) is 74.2 Å². The fourth-order valence-electron chi connectivity index (χ4n) is 7.21. The Morgan fingerprint density at radius 1 is 1.09 bits per heavy atom. The smallest absolute Gasteiger partial charge is 0.226 e. The van der Waals surface area contributed by atoms with Crippen LogP contribution in [0.1, 0.15) is 65.7 Å². The Bertz CT molecular complexity index is 470. The van der Waals surface area contributed by atoms with Gasteiger partial charge in [0.15, 0.2) is 0 Å². The zero-order chi connectivity index (χ0) is 15.6. The fourth-order valence-corrected chi connectivity index (χ4v) is 7.21. The molecule has 0 aromatic carbocycles. The monoisotopic (exact) mass is 304 g/mol. The highest BCUT2D eigenvalue weighted by Gasteiger charge is 2.62. The molecule has 124 valence electrons. The van der Waals surface area contributed by atoms with Crippen molar-refractivity contribution in [3.05, 3.63) is 0 Å². The fraction of sp³-hybridized carbons (Fsp3) is 0.947. The molecule has 1 amide bonds. The van der Waals surface area contributed by atoms with Gasteiger partial charge in [0.25, 0.3) is 0 Å². The predicted octanol–water partition coefficient (Wildman–Crippen LogP) is 3.10. The lowest BCUT2D eigenvalue weighted by molar-refractivity contribution is -0.171. The van der Waals surface area contributed by atoms with Gasteiger partial charge in [0.05, 0.1) is 5.41 Å². The Kier molecular flexibility index (Phi) is 3.21. The molecule has 0 aromatic rings. The molecule has 1 saturated heterocycles. The molecule has 4 unspecified atom stereocenters. The average Bonchev–Trinajstić information content (AvgIpc) is 2.37. The van der Waals surface area contributed by atoms with Crippen molar-refractivity contribution >= 4 is 5.91 Å². The Labute approximate surface area is 135 Å². The van der Waals surface area contributed by atoms with E-state index in [9.17, 15) is 4.79 Å². The van der Waals surface area contributed by atoms with E-state index < -0.39 is 0 Å². The van der Waals surface area contributed by atoms with Crippen LogP contribution in [-0.4, -0.2) is 25.0 Å². The maximum Gasteiger partial charge on any atom is 0.226 e. The molecule has 4 saturated carbocycles. The second kappa shape index (κ2) is 4.72. The van der Waals surface area contributed by atoms with Crippen LogP contribution in [-0.2, 0) is 4.79 Å². The third-order valence-electron chi connectivity index (χ3n) is 7.25. The molecular formula is C19H32N2O. The Balaban J connectivity index is 1.55. The summed E-state index contributed by atoms with van der Waals surface area (Å²) >= 11 is 0. The molecule has 5 aliphatic rings. The summed E-state index contributed by atoms with van der Waals surface area (Å²) in [5, 5.41) is 6.90. The molecule has 4 bridgehead atoms. The molecule has 3 nitrogen and oxygen atoms in total. The highest BCUT2D eigenvalue weighted by molar-refractivity contribution is 5.83. The highest BCUT2D eigenvalue weighted by Crippen LogP contribution is 2.69. The standard InChI is InChI=1S/C19H32N2O/c1-13-4-5-20-9-15(13)21-16(22)19-8-14-6-17(2,11-19)10-18(3,7-14)12-19/h13-15,20H,4-12H2,1-3H3,(H,21,22). The first kappa shape index (κ1) is 15.0. The molecule has 0 aromatic heterocycles. The second-order valence-electron chi connectivity index (χ2n) is 9.96. The van der Waals surface area contributed by atoms with Crippen LogP contribution in [0.25, 0.3) is 0 Å². The van der Waals surface area contributed by atoms with Crippen LogP contribution >= 0.6 is 0 Å². The third kappa shape index (κ3) is 2.31. The SMILES string of the molecule is CC1CCNCC1NC(=O)C12CC3CC(C)(CC(C)(C3)C1)C2. The Morgan fingerprint density at radius 3 is 2.36 bits per heavy atom. The molecule has 4 atom stereocenters. The van der Waals surface area contributed by atoms with Crippen LogP contribution in [0, 0.1) is 28.1 Å². The summed E-state index contributed by atoms with van der Waals surface area (Å²) in [4.78, 5) is 13.3. The van der Waals surface area contributed by atoms with Gasteiger partial charge in [-0.3, -0.25) is 4.79 Å². The molecule has 5 rings (SSSR count). The second-order valence-corrected chi connectivity index (χ2v) is 9.96. The van der Waals surface area contributed by atoms with Crippen molar-refractivity contribution in [3.8, 4) is 0 Å². The lowest BCUT2D eigenvalue weighted by Gasteiger charge is -2.64. The van der Waals surface area contributed by atoms with Crippen molar-refractivity contribution in [1.82, 2.24) is 10.6 Å². The summed E-state index contributed by atoms with van der Waals surface area (Å²) in [6, 6.07) is 0.329. The molecular weight excluding hydrogens is 272 g/mol. The van der Waals surface area contributed by atoms with Crippen LogP contribution in [0.4, 0.5) is 0 Å². The first-order valence-corrected chi connectivity index (χ1v) is 9.33. The zero-order valence-electron chi connectivity index (χ0n) is 14.5. The molecule has 0 radical (unpaired) electrons. The van der Waals surface area contributed by atoms with E-state index in [0.717, 1.165) is 38.3 Å². The van der Waals surface area contributed by atoms with Crippen LogP contribution in [0.3, 0.4) is 0 Å². The van der Waals surface area contributed by atoms with Crippen LogP contribution in [0.5, 0.6) is 0 Å². The van der Waals surface area contributed by atoms with Gasteiger partial charge in [-0.2, -0.15) is 0 Å². The normalized spacial score (nSPS) is 53.5.